The van der Waals surface area contributed by atoms with E-state index in [4.69, 9.17) is 11.6 Å². The van der Waals surface area contributed by atoms with Crippen LogP contribution in [0.5, 0.6) is 0 Å². The average molecular weight is 314 g/mol. The minimum Gasteiger partial charge on any atom is -0.316 e. The van der Waals surface area contributed by atoms with Crippen LogP contribution in [0, 0.1) is 6.92 Å². The molecule has 102 valence electrons. The molecule has 0 unspecified atom stereocenters. The number of thiophene rings is 1. The molecule has 0 radical (unpaired) electrons. The summed E-state index contributed by atoms with van der Waals surface area (Å²) in [5.74, 6) is 0. The summed E-state index contributed by atoms with van der Waals surface area (Å²) in [6.07, 6.45) is 2.17. The van der Waals surface area contributed by atoms with E-state index in [9.17, 15) is 0 Å². The predicted octanol–water partition coefficient (Wildman–Crippen LogP) is 4.49. The molecule has 1 aliphatic rings. The fraction of sp³-hybridized carbons (Fsp3) is 0.333. The summed E-state index contributed by atoms with van der Waals surface area (Å²) in [5.41, 5.74) is 5.46. The van der Waals surface area contributed by atoms with Crippen LogP contribution in [0.2, 0.25) is 5.02 Å². The molecule has 0 spiro atoms. The molecule has 19 heavy (non-hydrogen) atoms. The van der Waals surface area contributed by atoms with E-state index in [-0.39, 0.29) is 12.4 Å². The van der Waals surface area contributed by atoms with Gasteiger partial charge in [0.05, 0.1) is 0 Å². The molecule has 2 heterocycles. The average Bonchev–Trinajstić information content (AvgIpc) is 2.63. The zero-order valence-electron chi connectivity index (χ0n) is 10.8. The summed E-state index contributed by atoms with van der Waals surface area (Å²) in [5, 5.41) is 6.54. The van der Waals surface area contributed by atoms with E-state index in [2.05, 4.69) is 35.8 Å². The number of hydrogen-bond acceptors (Lipinski definition) is 2. The Balaban J connectivity index is 0.00000133. The highest BCUT2D eigenvalue weighted by molar-refractivity contribution is 7.13. The highest BCUT2D eigenvalue weighted by Gasteiger charge is 2.16. The molecule has 1 aromatic heterocycles. The van der Waals surface area contributed by atoms with E-state index < -0.39 is 0 Å². The molecule has 1 aliphatic heterocycles. The zero-order chi connectivity index (χ0) is 12.5. The molecule has 0 bridgehead atoms. The molecule has 3 rings (SSSR count). The number of hydrogen-bond donors (Lipinski definition) is 1. The molecule has 0 fully saturated rings. The first-order chi connectivity index (χ1) is 8.75. The number of aryl methyl sites for hydroxylation is 1. The van der Waals surface area contributed by atoms with Crippen molar-refractivity contribution in [2.45, 2.75) is 19.8 Å². The lowest BCUT2D eigenvalue weighted by Gasteiger charge is -2.12. The van der Waals surface area contributed by atoms with Gasteiger partial charge in [-0.25, -0.2) is 0 Å². The molecule has 0 amide bonds. The number of fused-ring (bicyclic) bond motifs is 1. The first-order valence-electron chi connectivity index (χ1n) is 6.32. The van der Waals surface area contributed by atoms with Gasteiger partial charge in [-0.1, -0.05) is 17.7 Å². The Hall–Kier alpha value is -0.540. The zero-order valence-corrected chi connectivity index (χ0v) is 13.2. The molecule has 2 aromatic rings. The second-order valence-electron chi connectivity index (χ2n) is 4.80. The van der Waals surface area contributed by atoms with Crippen LogP contribution in [0.1, 0.15) is 16.7 Å². The summed E-state index contributed by atoms with van der Waals surface area (Å²) in [4.78, 5) is 1.30. The fourth-order valence-electron chi connectivity index (χ4n) is 2.57. The highest BCUT2D eigenvalue weighted by Crippen LogP contribution is 2.37. The lowest BCUT2D eigenvalue weighted by Crippen LogP contribution is -2.16. The van der Waals surface area contributed by atoms with Gasteiger partial charge in [-0.2, -0.15) is 0 Å². The first-order valence-corrected chi connectivity index (χ1v) is 7.58. The monoisotopic (exact) mass is 313 g/mol. The van der Waals surface area contributed by atoms with Crippen molar-refractivity contribution in [1.82, 2.24) is 5.32 Å². The third-order valence-corrected chi connectivity index (χ3v) is 4.84. The second kappa shape index (κ2) is 6.27. The van der Waals surface area contributed by atoms with Crippen molar-refractivity contribution < 1.29 is 0 Å². The Morgan fingerprint density at radius 3 is 2.74 bits per heavy atom. The van der Waals surface area contributed by atoms with Crippen molar-refractivity contribution >= 4 is 35.3 Å². The molecular formula is C15H17Cl2NS. The van der Waals surface area contributed by atoms with Crippen LogP contribution in [-0.4, -0.2) is 13.1 Å². The molecule has 0 atom stereocenters. The second-order valence-corrected chi connectivity index (χ2v) is 6.12. The van der Waals surface area contributed by atoms with E-state index in [1.165, 1.54) is 27.1 Å². The Labute approximate surface area is 129 Å². The summed E-state index contributed by atoms with van der Waals surface area (Å²) >= 11 is 8.24. The van der Waals surface area contributed by atoms with Crippen LogP contribution >= 0.6 is 35.3 Å². The molecule has 0 saturated carbocycles. The van der Waals surface area contributed by atoms with E-state index in [1.54, 1.807) is 11.3 Å². The summed E-state index contributed by atoms with van der Waals surface area (Å²) in [7, 11) is 0. The van der Waals surface area contributed by atoms with Gasteiger partial charge in [0, 0.05) is 15.5 Å². The van der Waals surface area contributed by atoms with Crippen molar-refractivity contribution in [1.29, 1.82) is 0 Å². The van der Waals surface area contributed by atoms with Crippen LogP contribution in [0.3, 0.4) is 0 Å². The Morgan fingerprint density at radius 1 is 1.21 bits per heavy atom. The third-order valence-electron chi connectivity index (χ3n) is 3.46. The van der Waals surface area contributed by atoms with Crippen molar-refractivity contribution in [3.05, 3.63) is 45.3 Å². The van der Waals surface area contributed by atoms with Crippen LogP contribution in [0.4, 0.5) is 0 Å². The standard InChI is InChI=1S/C15H16ClNS.ClH/c1-10-8-14(18-9-10)15-12-5-7-17-6-4-11(12)2-3-13(15)16;/h2-3,8-9,17H,4-7H2,1H3;1H. The van der Waals surface area contributed by atoms with Gasteiger partial charge in [0.15, 0.2) is 0 Å². The fourth-order valence-corrected chi connectivity index (χ4v) is 3.89. The first kappa shape index (κ1) is 14.9. The van der Waals surface area contributed by atoms with Gasteiger partial charge in [0.25, 0.3) is 0 Å². The highest BCUT2D eigenvalue weighted by atomic mass is 35.5. The van der Waals surface area contributed by atoms with E-state index >= 15 is 0 Å². The van der Waals surface area contributed by atoms with Crippen LogP contribution in [0.25, 0.3) is 10.4 Å². The molecule has 1 nitrogen and oxygen atoms in total. The Kier molecular flexibility index (Phi) is 4.91. The lowest BCUT2D eigenvalue weighted by molar-refractivity contribution is 0.711. The number of nitrogens with one attached hydrogen (secondary N) is 1. The molecule has 0 aliphatic carbocycles. The van der Waals surface area contributed by atoms with Crippen molar-refractivity contribution in [3.63, 3.8) is 0 Å². The van der Waals surface area contributed by atoms with Crippen LogP contribution in [-0.2, 0) is 12.8 Å². The number of benzene rings is 1. The number of rotatable bonds is 1. The van der Waals surface area contributed by atoms with Gasteiger partial charge >= 0.3 is 0 Å². The molecule has 4 heteroatoms. The van der Waals surface area contributed by atoms with Gasteiger partial charge in [0.2, 0.25) is 0 Å². The summed E-state index contributed by atoms with van der Waals surface area (Å²) in [6, 6.07) is 6.48. The molecular weight excluding hydrogens is 297 g/mol. The topological polar surface area (TPSA) is 12.0 Å². The minimum absolute atomic E-state index is 0. The maximum Gasteiger partial charge on any atom is 0.0495 e. The lowest BCUT2D eigenvalue weighted by atomic mass is 9.96. The van der Waals surface area contributed by atoms with Crippen molar-refractivity contribution in [2.75, 3.05) is 13.1 Å². The summed E-state index contributed by atoms with van der Waals surface area (Å²) < 4.78 is 0. The normalized spacial score (nSPS) is 14.4. The van der Waals surface area contributed by atoms with E-state index in [0.717, 1.165) is 31.0 Å². The minimum atomic E-state index is 0. The van der Waals surface area contributed by atoms with Crippen LogP contribution < -0.4 is 5.32 Å². The van der Waals surface area contributed by atoms with Gasteiger partial charge in [-0.3, -0.25) is 0 Å². The Morgan fingerprint density at radius 2 is 2.00 bits per heavy atom. The third kappa shape index (κ3) is 2.97. The van der Waals surface area contributed by atoms with Gasteiger partial charge in [-0.05, 0) is 67.1 Å². The molecule has 1 aromatic carbocycles. The van der Waals surface area contributed by atoms with Gasteiger partial charge in [0.1, 0.15) is 0 Å². The van der Waals surface area contributed by atoms with Gasteiger partial charge < -0.3 is 5.32 Å². The van der Waals surface area contributed by atoms with Gasteiger partial charge in [-0.15, -0.1) is 23.7 Å². The van der Waals surface area contributed by atoms with E-state index in [1.807, 2.05) is 0 Å². The SMILES string of the molecule is Cc1csc(-c2c(Cl)ccc3c2CCNCC3)c1.Cl. The van der Waals surface area contributed by atoms with Crippen LogP contribution in [0.15, 0.2) is 23.6 Å². The Bertz CT molecular complexity index is 578. The number of halogens is 2. The molecule has 0 saturated heterocycles. The maximum atomic E-state index is 6.44. The molecule has 1 N–H and O–H groups in total. The van der Waals surface area contributed by atoms with Crippen molar-refractivity contribution in [2.24, 2.45) is 0 Å². The predicted molar refractivity (Wildman–Crippen MR) is 87.0 cm³/mol. The largest absolute Gasteiger partial charge is 0.316 e. The maximum absolute atomic E-state index is 6.44. The van der Waals surface area contributed by atoms with Crippen molar-refractivity contribution in [3.8, 4) is 10.4 Å². The summed E-state index contributed by atoms with van der Waals surface area (Å²) in [6.45, 7) is 4.25. The quantitative estimate of drug-likeness (QED) is 0.818. The smallest absolute Gasteiger partial charge is 0.0495 e. The van der Waals surface area contributed by atoms with E-state index in [0.29, 0.717) is 0 Å².